The van der Waals surface area contributed by atoms with E-state index in [4.69, 9.17) is 5.11 Å². The molecule has 0 fully saturated rings. The van der Waals surface area contributed by atoms with Crippen molar-refractivity contribution in [3.63, 3.8) is 0 Å². The number of ether oxygens (including phenoxy) is 1. The van der Waals surface area contributed by atoms with Gasteiger partial charge in [0, 0.05) is 0 Å². The Hall–Kier alpha value is -1.39. The number of phenols is 1. The molecule has 0 unspecified atom stereocenters. The quantitative estimate of drug-likeness (QED) is 0.779. The van der Waals surface area contributed by atoms with Crippen LogP contribution in [-0.4, -0.2) is 11.7 Å². The van der Waals surface area contributed by atoms with Crippen molar-refractivity contribution in [1.82, 2.24) is 0 Å². The second-order valence-corrected chi connectivity index (χ2v) is 2.42. The van der Waals surface area contributed by atoms with Crippen LogP contribution in [0.4, 0.5) is 13.2 Å². The molecule has 0 saturated heterocycles. The van der Waals surface area contributed by atoms with E-state index in [1.165, 1.54) is 13.0 Å². The monoisotopic (exact) mass is 192 g/mol. The van der Waals surface area contributed by atoms with E-state index in [2.05, 4.69) is 4.74 Å². The molecule has 0 spiro atoms. The van der Waals surface area contributed by atoms with Crippen molar-refractivity contribution >= 4 is 0 Å². The Morgan fingerprint density at radius 3 is 2.54 bits per heavy atom. The van der Waals surface area contributed by atoms with Crippen molar-refractivity contribution in [2.24, 2.45) is 0 Å². The molecule has 1 N–H and O–H groups in total. The lowest BCUT2D eigenvalue weighted by atomic mass is 10.2. The van der Waals surface area contributed by atoms with E-state index in [1.807, 2.05) is 0 Å². The fourth-order valence-corrected chi connectivity index (χ4v) is 0.839. The fourth-order valence-electron chi connectivity index (χ4n) is 0.839. The van der Waals surface area contributed by atoms with Gasteiger partial charge in [0.15, 0.2) is 17.3 Å². The van der Waals surface area contributed by atoms with Crippen LogP contribution < -0.4 is 4.74 Å². The Morgan fingerprint density at radius 1 is 1.38 bits per heavy atom. The Morgan fingerprint density at radius 2 is 2.00 bits per heavy atom. The van der Waals surface area contributed by atoms with Crippen molar-refractivity contribution < 1.29 is 23.0 Å². The van der Waals surface area contributed by atoms with Crippen LogP contribution in [0, 0.1) is 12.7 Å². The molecule has 0 atom stereocenters. The van der Waals surface area contributed by atoms with E-state index >= 15 is 0 Å². The van der Waals surface area contributed by atoms with Crippen molar-refractivity contribution in [3.8, 4) is 11.5 Å². The van der Waals surface area contributed by atoms with Crippen LogP contribution in [0.15, 0.2) is 12.1 Å². The molecule has 2 nitrogen and oxygen atoms in total. The minimum atomic E-state index is -3.08. The number of aromatic hydroxyl groups is 1. The van der Waals surface area contributed by atoms with Gasteiger partial charge in [-0.25, -0.2) is 4.39 Å². The second-order valence-electron chi connectivity index (χ2n) is 2.42. The Balaban J connectivity index is 3.04. The van der Waals surface area contributed by atoms with E-state index in [0.29, 0.717) is 0 Å². The maximum atomic E-state index is 12.9. The number of benzene rings is 1. The number of hydrogen-bond acceptors (Lipinski definition) is 2. The van der Waals surface area contributed by atoms with Crippen LogP contribution >= 0.6 is 0 Å². The largest absolute Gasteiger partial charge is 0.502 e. The second kappa shape index (κ2) is 3.55. The Kier molecular flexibility index (Phi) is 2.65. The highest BCUT2D eigenvalue weighted by atomic mass is 19.3. The lowest BCUT2D eigenvalue weighted by Crippen LogP contribution is -2.02. The molecule has 0 aromatic heterocycles. The van der Waals surface area contributed by atoms with E-state index in [9.17, 15) is 13.2 Å². The number of rotatable bonds is 2. The third kappa shape index (κ3) is 2.05. The molecule has 1 aromatic rings. The molecule has 0 bridgehead atoms. The van der Waals surface area contributed by atoms with Crippen LogP contribution in [0.5, 0.6) is 11.5 Å². The summed E-state index contributed by atoms with van der Waals surface area (Å²) in [5, 5.41) is 8.99. The van der Waals surface area contributed by atoms with Gasteiger partial charge >= 0.3 is 6.61 Å². The molecule has 0 aliphatic carbocycles. The first-order valence-corrected chi connectivity index (χ1v) is 3.45. The Bertz CT molecular complexity index is 313. The third-order valence-corrected chi connectivity index (χ3v) is 1.49. The van der Waals surface area contributed by atoms with Crippen LogP contribution in [-0.2, 0) is 0 Å². The normalized spacial score (nSPS) is 10.5. The number of halogens is 3. The minimum absolute atomic E-state index is 0.166. The van der Waals surface area contributed by atoms with E-state index in [-0.39, 0.29) is 5.56 Å². The maximum absolute atomic E-state index is 12.9. The molecule has 0 heterocycles. The molecule has 1 aromatic carbocycles. The summed E-state index contributed by atoms with van der Waals surface area (Å²) in [6, 6.07) is 2.33. The predicted octanol–water partition coefficient (Wildman–Crippen LogP) is 2.44. The van der Waals surface area contributed by atoms with E-state index in [1.54, 1.807) is 0 Å². The summed E-state index contributed by atoms with van der Waals surface area (Å²) in [6.07, 6.45) is 0. The zero-order valence-corrected chi connectivity index (χ0v) is 6.72. The van der Waals surface area contributed by atoms with Crippen molar-refractivity contribution in [2.45, 2.75) is 13.5 Å². The first kappa shape index (κ1) is 9.70. The molecular formula is C8H7F3O2. The number of phenolic OH excluding ortho intramolecular Hbond substituents is 1. The van der Waals surface area contributed by atoms with Crippen molar-refractivity contribution in [3.05, 3.63) is 23.5 Å². The Labute approximate surface area is 72.6 Å². The summed E-state index contributed by atoms with van der Waals surface area (Å²) >= 11 is 0. The fraction of sp³-hybridized carbons (Fsp3) is 0.250. The lowest BCUT2D eigenvalue weighted by Gasteiger charge is -2.07. The highest BCUT2D eigenvalue weighted by molar-refractivity contribution is 5.42. The topological polar surface area (TPSA) is 29.5 Å². The maximum Gasteiger partial charge on any atom is 0.387 e. The van der Waals surface area contributed by atoms with Crippen LogP contribution in [0.1, 0.15) is 5.56 Å². The van der Waals surface area contributed by atoms with Crippen molar-refractivity contribution in [2.75, 3.05) is 0 Å². The SMILES string of the molecule is Cc1ccc(OC(F)F)c(O)c1F. The summed E-state index contributed by atoms with van der Waals surface area (Å²) in [5.41, 5.74) is 0.166. The smallest absolute Gasteiger partial charge is 0.387 e. The number of hydrogen-bond donors (Lipinski definition) is 1. The predicted molar refractivity (Wildman–Crippen MR) is 39.4 cm³/mol. The molecule has 5 heteroatoms. The minimum Gasteiger partial charge on any atom is -0.502 e. The van der Waals surface area contributed by atoms with Gasteiger partial charge < -0.3 is 9.84 Å². The van der Waals surface area contributed by atoms with Gasteiger partial charge in [-0.3, -0.25) is 0 Å². The lowest BCUT2D eigenvalue weighted by molar-refractivity contribution is -0.0515. The van der Waals surface area contributed by atoms with Gasteiger partial charge in [-0.1, -0.05) is 6.07 Å². The van der Waals surface area contributed by atoms with Gasteiger partial charge in [0.2, 0.25) is 0 Å². The van der Waals surface area contributed by atoms with Gasteiger partial charge in [0.1, 0.15) is 0 Å². The molecule has 72 valence electrons. The number of alkyl halides is 2. The molecule has 1 rings (SSSR count). The van der Waals surface area contributed by atoms with Gasteiger partial charge in [0.25, 0.3) is 0 Å². The van der Waals surface area contributed by atoms with Gasteiger partial charge in [-0.2, -0.15) is 8.78 Å². The summed E-state index contributed by atoms with van der Waals surface area (Å²) in [6.45, 7) is -1.67. The van der Waals surface area contributed by atoms with E-state index in [0.717, 1.165) is 6.07 Å². The first-order chi connectivity index (χ1) is 6.02. The van der Waals surface area contributed by atoms with Crippen LogP contribution in [0.3, 0.4) is 0 Å². The summed E-state index contributed by atoms with van der Waals surface area (Å²) in [7, 11) is 0. The standard InChI is InChI=1S/C8H7F3O2/c1-4-2-3-5(13-8(10)11)7(12)6(4)9/h2-3,8,12H,1H3. The number of aryl methyl sites for hydroxylation is 1. The zero-order valence-electron chi connectivity index (χ0n) is 6.72. The third-order valence-electron chi connectivity index (χ3n) is 1.49. The zero-order chi connectivity index (χ0) is 10.0. The van der Waals surface area contributed by atoms with Crippen LogP contribution in [0.25, 0.3) is 0 Å². The summed E-state index contributed by atoms with van der Waals surface area (Å²) in [4.78, 5) is 0. The average Bonchev–Trinajstić information content (AvgIpc) is 2.06. The summed E-state index contributed by atoms with van der Waals surface area (Å²) in [5.74, 6) is -2.39. The average molecular weight is 192 g/mol. The highest BCUT2D eigenvalue weighted by Crippen LogP contribution is 2.31. The summed E-state index contributed by atoms with van der Waals surface area (Å²) < 4.78 is 40.1. The molecule has 13 heavy (non-hydrogen) atoms. The molecule has 0 aliphatic heterocycles. The van der Waals surface area contributed by atoms with Gasteiger partial charge in [0.05, 0.1) is 0 Å². The first-order valence-electron chi connectivity index (χ1n) is 3.45. The molecule has 0 aliphatic rings. The molecular weight excluding hydrogens is 185 g/mol. The molecule has 0 radical (unpaired) electrons. The highest BCUT2D eigenvalue weighted by Gasteiger charge is 2.14. The van der Waals surface area contributed by atoms with Gasteiger partial charge in [-0.15, -0.1) is 0 Å². The van der Waals surface area contributed by atoms with E-state index < -0.39 is 23.9 Å². The molecule has 0 saturated carbocycles. The molecule has 0 amide bonds. The van der Waals surface area contributed by atoms with Crippen LogP contribution in [0.2, 0.25) is 0 Å². The van der Waals surface area contributed by atoms with Gasteiger partial charge in [-0.05, 0) is 18.6 Å². The van der Waals surface area contributed by atoms with Crippen molar-refractivity contribution in [1.29, 1.82) is 0 Å².